The first-order chi connectivity index (χ1) is 13.3. The molecular formula is C19H17F2N3O4. The number of halogens is 2. The van der Waals surface area contributed by atoms with Crippen LogP contribution in [0, 0.1) is 11.6 Å². The Balaban J connectivity index is 1.81. The number of ether oxygens (including phenoxy) is 2. The number of pyridine rings is 1. The SMILES string of the molecule is CN(CCOc1ccc2c(Oc3c(F)cc(N)cc3F)ccnc2c1)C(=O)O. The van der Waals surface area contributed by atoms with Gasteiger partial charge in [-0.25, -0.2) is 13.6 Å². The second-order valence-electron chi connectivity index (χ2n) is 5.96. The molecular weight excluding hydrogens is 372 g/mol. The number of hydrogen-bond donors (Lipinski definition) is 2. The largest absolute Gasteiger partial charge is 0.492 e. The zero-order valence-corrected chi connectivity index (χ0v) is 14.9. The molecule has 0 saturated heterocycles. The number of likely N-dealkylation sites (N-methyl/N-ethyl adjacent to an activating group) is 1. The molecule has 3 aromatic rings. The van der Waals surface area contributed by atoms with Crippen LogP contribution in [0.1, 0.15) is 0 Å². The van der Waals surface area contributed by atoms with Gasteiger partial charge in [0, 0.05) is 42.5 Å². The molecule has 0 atom stereocenters. The number of nitrogens with two attached hydrogens (primary N) is 1. The van der Waals surface area contributed by atoms with Crippen molar-refractivity contribution in [2.45, 2.75) is 0 Å². The number of carbonyl (C=O) groups is 1. The molecule has 3 rings (SSSR count). The molecule has 7 nitrogen and oxygen atoms in total. The normalized spacial score (nSPS) is 10.7. The van der Waals surface area contributed by atoms with Crippen molar-refractivity contribution in [1.29, 1.82) is 0 Å². The summed E-state index contributed by atoms with van der Waals surface area (Å²) < 4.78 is 38.9. The van der Waals surface area contributed by atoms with Crippen molar-refractivity contribution < 1.29 is 28.2 Å². The number of benzene rings is 2. The van der Waals surface area contributed by atoms with Crippen molar-refractivity contribution in [1.82, 2.24) is 9.88 Å². The Hall–Kier alpha value is -3.62. The van der Waals surface area contributed by atoms with Gasteiger partial charge in [0.15, 0.2) is 17.4 Å². The Morgan fingerprint density at radius 2 is 1.93 bits per heavy atom. The number of nitrogen functional groups attached to an aromatic ring is 1. The highest BCUT2D eigenvalue weighted by Gasteiger charge is 2.15. The smallest absolute Gasteiger partial charge is 0.407 e. The highest BCUT2D eigenvalue weighted by atomic mass is 19.1. The lowest BCUT2D eigenvalue weighted by Crippen LogP contribution is -2.29. The third kappa shape index (κ3) is 4.20. The number of carboxylic acid groups (broad SMARTS) is 1. The van der Waals surface area contributed by atoms with E-state index in [2.05, 4.69) is 4.98 Å². The second-order valence-corrected chi connectivity index (χ2v) is 5.96. The molecule has 0 spiro atoms. The van der Waals surface area contributed by atoms with E-state index in [9.17, 15) is 13.6 Å². The van der Waals surface area contributed by atoms with Gasteiger partial charge in [-0.3, -0.25) is 4.98 Å². The summed E-state index contributed by atoms with van der Waals surface area (Å²) in [4.78, 5) is 16.1. The predicted octanol–water partition coefficient (Wildman–Crippen LogP) is 3.88. The van der Waals surface area contributed by atoms with Crippen molar-refractivity contribution >= 4 is 22.7 Å². The Morgan fingerprint density at radius 3 is 2.61 bits per heavy atom. The maximum absolute atomic E-state index is 14.0. The highest BCUT2D eigenvalue weighted by molar-refractivity contribution is 5.86. The lowest BCUT2D eigenvalue weighted by Gasteiger charge is -2.14. The van der Waals surface area contributed by atoms with E-state index in [1.54, 1.807) is 18.2 Å². The zero-order chi connectivity index (χ0) is 20.3. The summed E-state index contributed by atoms with van der Waals surface area (Å²) in [5.74, 6) is -1.70. The van der Waals surface area contributed by atoms with Gasteiger partial charge in [-0.1, -0.05) is 0 Å². The number of hydrogen-bond acceptors (Lipinski definition) is 5. The van der Waals surface area contributed by atoms with Crippen LogP contribution in [0.3, 0.4) is 0 Å². The van der Waals surface area contributed by atoms with Crippen molar-refractivity contribution in [2.75, 3.05) is 25.9 Å². The predicted molar refractivity (Wildman–Crippen MR) is 98.7 cm³/mol. The molecule has 28 heavy (non-hydrogen) atoms. The van der Waals surface area contributed by atoms with Gasteiger partial charge in [0.25, 0.3) is 0 Å². The minimum atomic E-state index is -1.05. The van der Waals surface area contributed by atoms with E-state index >= 15 is 0 Å². The van der Waals surface area contributed by atoms with Crippen LogP contribution in [0.25, 0.3) is 10.9 Å². The highest BCUT2D eigenvalue weighted by Crippen LogP contribution is 2.34. The quantitative estimate of drug-likeness (QED) is 0.621. The van der Waals surface area contributed by atoms with E-state index in [0.717, 1.165) is 17.0 Å². The van der Waals surface area contributed by atoms with E-state index in [0.29, 0.717) is 16.7 Å². The monoisotopic (exact) mass is 389 g/mol. The number of nitrogens with zero attached hydrogens (tertiary/aromatic N) is 2. The van der Waals surface area contributed by atoms with Gasteiger partial charge < -0.3 is 25.2 Å². The average molecular weight is 389 g/mol. The molecule has 1 heterocycles. The average Bonchev–Trinajstić information content (AvgIpc) is 2.64. The van der Waals surface area contributed by atoms with E-state index in [-0.39, 0.29) is 24.6 Å². The van der Waals surface area contributed by atoms with Gasteiger partial charge in [-0.15, -0.1) is 0 Å². The van der Waals surface area contributed by atoms with Crippen molar-refractivity contribution in [3.8, 4) is 17.2 Å². The topological polar surface area (TPSA) is 97.9 Å². The van der Waals surface area contributed by atoms with Crippen LogP contribution in [0.5, 0.6) is 17.2 Å². The van der Waals surface area contributed by atoms with Crippen molar-refractivity contribution in [2.24, 2.45) is 0 Å². The van der Waals surface area contributed by atoms with Crippen LogP contribution in [0.4, 0.5) is 19.3 Å². The number of amides is 1. The molecule has 0 fully saturated rings. The van der Waals surface area contributed by atoms with Gasteiger partial charge in [-0.05, 0) is 18.2 Å². The fraction of sp³-hybridized carbons (Fsp3) is 0.158. The Bertz CT molecular complexity index is 1010. The summed E-state index contributed by atoms with van der Waals surface area (Å²) in [5.41, 5.74) is 5.85. The maximum Gasteiger partial charge on any atom is 0.407 e. The lowest BCUT2D eigenvalue weighted by molar-refractivity contribution is 0.147. The van der Waals surface area contributed by atoms with E-state index < -0.39 is 23.5 Å². The van der Waals surface area contributed by atoms with Gasteiger partial charge in [-0.2, -0.15) is 0 Å². The molecule has 0 radical (unpaired) electrons. The van der Waals surface area contributed by atoms with Crippen LogP contribution >= 0.6 is 0 Å². The molecule has 1 amide bonds. The van der Waals surface area contributed by atoms with Crippen LogP contribution in [-0.2, 0) is 0 Å². The van der Waals surface area contributed by atoms with E-state index in [4.69, 9.17) is 20.3 Å². The summed E-state index contributed by atoms with van der Waals surface area (Å²) in [6.07, 6.45) is 0.389. The molecule has 0 aliphatic heterocycles. The van der Waals surface area contributed by atoms with Gasteiger partial charge in [0.2, 0.25) is 0 Å². The minimum Gasteiger partial charge on any atom is -0.492 e. The first-order valence-corrected chi connectivity index (χ1v) is 8.23. The molecule has 0 aliphatic carbocycles. The fourth-order valence-corrected chi connectivity index (χ4v) is 2.46. The fourth-order valence-electron chi connectivity index (χ4n) is 2.46. The van der Waals surface area contributed by atoms with Crippen molar-refractivity contribution in [3.05, 3.63) is 54.2 Å². The summed E-state index contributed by atoms with van der Waals surface area (Å²) >= 11 is 0. The Morgan fingerprint density at radius 1 is 1.21 bits per heavy atom. The standard InChI is InChI=1S/C19H17F2N3O4/c1-24(19(25)26)6-7-27-12-2-3-13-16(10-12)23-5-4-17(13)28-18-14(20)8-11(22)9-15(18)21/h2-5,8-10H,6-7,22H2,1H3,(H,25,26). The summed E-state index contributed by atoms with van der Waals surface area (Å²) in [7, 11) is 1.44. The molecule has 0 saturated carbocycles. The lowest BCUT2D eigenvalue weighted by atomic mass is 10.2. The number of rotatable bonds is 6. The van der Waals surface area contributed by atoms with Crippen LogP contribution in [0.2, 0.25) is 0 Å². The molecule has 0 aliphatic rings. The van der Waals surface area contributed by atoms with Crippen LogP contribution < -0.4 is 15.2 Å². The summed E-state index contributed by atoms with van der Waals surface area (Å²) in [6.45, 7) is 0.353. The molecule has 1 aromatic heterocycles. The molecule has 9 heteroatoms. The van der Waals surface area contributed by atoms with Crippen LogP contribution in [-0.4, -0.2) is 41.3 Å². The van der Waals surface area contributed by atoms with Gasteiger partial charge in [0.05, 0.1) is 12.1 Å². The van der Waals surface area contributed by atoms with Gasteiger partial charge >= 0.3 is 6.09 Å². The zero-order valence-electron chi connectivity index (χ0n) is 14.9. The second kappa shape index (κ2) is 7.95. The van der Waals surface area contributed by atoms with E-state index in [1.807, 2.05) is 0 Å². The first kappa shape index (κ1) is 19.2. The summed E-state index contributed by atoms with van der Waals surface area (Å²) in [6, 6.07) is 8.33. The van der Waals surface area contributed by atoms with E-state index in [1.165, 1.54) is 19.3 Å². The van der Waals surface area contributed by atoms with Crippen LogP contribution in [0.15, 0.2) is 42.6 Å². The number of fused-ring (bicyclic) bond motifs is 1. The number of aromatic nitrogens is 1. The van der Waals surface area contributed by atoms with Gasteiger partial charge in [0.1, 0.15) is 18.1 Å². The molecule has 0 bridgehead atoms. The number of anilines is 1. The molecule has 3 N–H and O–H groups in total. The Labute approximate surface area is 158 Å². The third-order valence-corrected chi connectivity index (χ3v) is 3.93. The first-order valence-electron chi connectivity index (χ1n) is 8.23. The molecule has 146 valence electrons. The minimum absolute atomic E-state index is 0.0442. The molecule has 0 unspecified atom stereocenters. The third-order valence-electron chi connectivity index (χ3n) is 3.93. The summed E-state index contributed by atoms with van der Waals surface area (Å²) in [5, 5.41) is 9.33. The Kier molecular flexibility index (Phi) is 5.44. The van der Waals surface area contributed by atoms with Crippen molar-refractivity contribution in [3.63, 3.8) is 0 Å². The molecule has 2 aromatic carbocycles. The maximum atomic E-state index is 14.0.